The van der Waals surface area contributed by atoms with E-state index in [-0.39, 0.29) is 6.10 Å². The van der Waals surface area contributed by atoms with Crippen LogP contribution in [0.1, 0.15) is 31.7 Å². The van der Waals surface area contributed by atoms with Crippen LogP contribution in [0.2, 0.25) is 5.02 Å². The highest BCUT2D eigenvalue weighted by Crippen LogP contribution is 2.12. The van der Waals surface area contributed by atoms with Gasteiger partial charge in [0, 0.05) is 18.2 Å². The van der Waals surface area contributed by atoms with Crippen LogP contribution in [0.3, 0.4) is 0 Å². The largest absolute Gasteiger partial charge is 0.376 e. The molecule has 1 saturated heterocycles. The van der Waals surface area contributed by atoms with Crippen molar-refractivity contribution in [3.8, 4) is 0 Å². The van der Waals surface area contributed by atoms with Crippen molar-refractivity contribution in [1.82, 2.24) is 10.7 Å². The second-order valence-electron chi connectivity index (χ2n) is 4.88. The molecule has 6 heteroatoms. The number of thiocarbonyl (C=S) groups is 1. The van der Waals surface area contributed by atoms with Gasteiger partial charge in [-0.1, -0.05) is 30.7 Å². The molecule has 1 unspecified atom stereocenters. The van der Waals surface area contributed by atoms with Crippen molar-refractivity contribution in [2.24, 2.45) is 5.10 Å². The molecule has 2 N–H and O–H groups in total. The van der Waals surface area contributed by atoms with Crippen molar-refractivity contribution in [2.75, 3.05) is 13.2 Å². The molecule has 114 valence electrons. The number of rotatable bonds is 5. The van der Waals surface area contributed by atoms with Gasteiger partial charge in [0.1, 0.15) is 0 Å². The van der Waals surface area contributed by atoms with Crippen molar-refractivity contribution in [3.05, 3.63) is 34.9 Å². The van der Waals surface area contributed by atoms with Gasteiger partial charge in [-0.25, -0.2) is 0 Å². The molecule has 1 aromatic carbocycles. The Balaban J connectivity index is 1.84. The Kier molecular flexibility index (Phi) is 6.42. The average Bonchev–Trinajstić information content (AvgIpc) is 3.01. The normalized spacial score (nSPS) is 18.6. The van der Waals surface area contributed by atoms with Crippen molar-refractivity contribution >= 4 is 34.6 Å². The second kappa shape index (κ2) is 8.32. The standard InChI is InChI=1S/C15H20ClN3OS/c1-2-14(11-5-7-12(16)8-6-11)18-19-15(21)17-10-13-4-3-9-20-13/h5-8,13H,2-4,9-10H2,1H3,(H2,17,19,21)/b18-14+. The summed E-state index contributed by atoms with van der Waals surface area (Å²) in [7, 11) is 0. The van der Waals surface area contributed by atoms with Crippen LogP contribution in [-0.2, 0) is 4.74 Å². The minimum Gasteiger partial charge on any atom is -0.376 e. The van der Waals surface area contributed by atoms with Crippen molar-refractivity contribution < 1.29 is 4.74 Å². The molecule has 0 spiro atoms. The Morgan fingerprint density at radius 2 is 2.19 bits per heavy atom. The maximum absolute atomic E-state index is 5.89. The van der Waals surface area contributed by atoms with Crippen LogP contribution in [0.5, 0.6) is 0 Å². The van der Waals surface area contributed by atoms with Gasteiger partial charge in [-0.05, 0) is 49.2 Å². The Morgan fingerprint density at radius 1 is 1.43 bits per heavy atom. The lowest BCUT2D eigenvalue weighted by atomic mass is 10.1. The van der Waals surface area contributed by atoms with E-state index in [1.165, 1.54) is 0 Å². The molecule has 1 fully saturated rings. The fourth-order valence-electron chi connectivity index (χ4n) is 2.16. The molecule has 1 heterocycles. The summed E-state index contributed by atoms with van der Waals surface area (Å²) in [6, 6.07) is 7.62. The zero-order valence-electron chi connectivity index (χ0n) is 12.1. The van der Waals surface area contributed by atoms with E-state index in [0.717, 1.165) is 48.7 Å². The molecule has 0 saturated carbocycles. The van der Waals surface area contributed by atoms with E-state index in [9.17, 15) is 0 Å². The lowest BCUT2D eigenvalue weighted by molar-refractivity contribution is 0.114. The first kappa shape index (κ1) is 16.2. The summed E-state index contributed by atoms with van der Waals surface area (Å²) in [5.41, 5.74) is 4.87. The summed E-state index contributed by atoms with van der Waals surface area (Å²) in [5, 5.41) is 8.74. The number of halogens is 1. The van der Waals surface area contributed by atoms with E-state index >= 15 is 0 Å². The lowest BCUT2D eigenvalue weighted by Gasteiger charge is -2.12. The van der Waals surface area contributed by atoms with Gasteiger partial charge in [0.2, 0.25) is 0 Å². The minimum atomic E-state index is 0.260. The van der Waals surface area contributed by atoms with Gasteiger partial charge >= 0.3 is 0 Å². The molecule has 1 atom stereocenters. The van der Waals surface area contributed by atoms with Crippen LogP contribution in [0.15, 0.2) is 29.4 Å². The number of benzene rings is 1. The monoisotopic (exact) mass is 325 g/mol. The Bertz CT molecular complexity index is 498. The number of hydrogen-bond donors (Lipinski definition) is 2. The first-order valence-electron chi connectivity index (χ1n) is 7.17. The van der Waals surface area contributed by atoms with E-state index in [4.69, 9.17) is 28.6 Å². The summed E-state index contributed by atoms with van der Waals surface area (Å²) in [4.78, 5) is 0. The maximum Gasteiger partial charge on any atom is 0.187 e. The smallest absolute Gasteiger partial charge is 0.187 e. The van der Waals surface area contributed by atoms with Gasteiger partial charge in [0.15, 0.2) is 5.11 Å². The predicted octanol–water partition coefficient (Wildman–Crippen LogP) is 3.10. The highest BCUT2D eigenvalue weighted by Gasteiger charge is 2.15. The number of nitrogens with zero attached hydrogens (tertiary/aromatic N) is 1. The summed E-state index contributed by atoms with van der Waals surface area (Å²) in [5.74, 6) is 0. The highest BCUT2D eigenvalue weighted by atomic mass is 35.5. The molecule has 1 aliphatic heterocycles. The molecule has 1 aliphatic rings. The van der Waals surface area contributed by atoms with Crippen LogP contribution in [0, 0.1) is 0 Å². The third-order valence-electron chi connectivity index (χ3n) is 3.32. The third-order valence-corrected chi connectivity index (χ3v) is 3.81. The fraction of sp³-hybridized carbons (Fsp3) is 0.467. The quantitative estimate of drug-likeness (QED) is 0.496. The maximum atomic E-state index is 5.89. The molecule has 0 aliphatic carbocycles. The first-order chi connectivity index (χ1) is 10.2. The van der Waals surface area contributed by atoms with E-state index in [1.807, 2.05) is 24.3 Å². The predicted molar refractivity (Wildman–Crippen MR) is 91.0 cm³/mol. The van der Waals surface area contributed by atoms with Crippen LogP contribution in [0.25, 0.3) is 0 Å². The molecule has 2 rings (SSSR count). The van der Waals surface area contributed by atoms with Gasteiger partial charge in [-0.15, -0.1) is 0 Å². The van der Waals surface area contributed by atoms with E-state index in [0.29, 0.717) is 5.11 Å². The van der Waals surface area contributed by atoms with Gasteiger partial charge in [-0.3, -0.25) is 5.43 Å². The number of hydrogen-bond acceptors (Lipinski definition) is 3. The van der Waals surface area contributed by atoms with Crippen molar-refractivity contribution in [1.29, 1.82) is 0 Å². The van der Waals surface area contributed by atoms with Gasteiger partial charge < -0.3 is 10.1 Å². The SMILES string of the molecule is CC/C(=N\NC(=S)NCC1CCCO1)c1ccc(Cl)cc1. The average molecular weight is 326 g/mol. The lowest BCUT2D eigenvalue weighted by Crippen LogP contribution is -2.37. The Morgan fingerprint density at radius 3 is 2.81 bits per heavy atom. The Hall–Kier alpha value is -1.17. The van der Waals surface area contributed by atoms with E-state index < -0.39 is 0 Å². The molecule has 21 heavy (non-hydrogen) atoms. The van der Waals surface area contributed by atoms with Crippen LogP contribution < -0.4 is 10.7 Å². The molecule has 0 radical (unpaired) electrons. The number of ether oxygens (including phenoxy) is 1. The topological polar surface area (TPSA) is 45.7 Å². The number of hydrazone groups is 1. The molecular formula is C15H20ClN3OS. The van der Waals surface area contributed by atoms with Gasteiger partial charge in [-0.2, -0.15) is 5.10 Å². The van der Waals surface area contributed by atoms with Gasteiger partial charge in [0.05, 0.1) is 11.8 Å². The molecule has 0 bridgehead atoms. The van der Waals surface area contributed by atoms with E-state index in [2.05, 4.69) is 22.8 Å². The molecular weight excluding hydrogens is 306 g/mol. The van der Waals surface area contributed by atoms with E-state index in [1.54, 1.807) is 0 Å². The molecule has 1 aromatic rings. The summed E-state index contributed by atoms with van der Waals surface area (Å²) in [6.07, 6.45) is 3.28. The minimum absolute atomic E-state index is 0.260. The fourth-order valence-corrected chi connectivity index (χ4v) is 2.41. The summed E-state index contributed by atoms with van der Waals surface area (Å²) in [6.45, 7) is 3.63. The highest BCUT2D eigenvalue weighted by molar-refractivity contribution is 7.80. The zero-order valence-corrected chi connectivity index (χ0v) is 13.6. The molecule has 0 aromatic heterocycles. The Labute approximate surface area is 135 Å². The third kappa shape index (κ3) is 5.26. The van der Waals surface area contributed by atoms with Crippen molar-refractivity contribution in [3.63, 3.8) is 0 Å². The van der Waals surface area contributed by atoms with Gasteiger partial charge in [0.25, 0.3) is 0 Å². The second-order valence-corrected chi connectivity index (χ2v) is 5.72. The van der Waals surface area contributed by atoms with Crippen LogP contribution in [-0.4, -0.2) is 30.1 Å². The van der Waals surface area contributed by atoms with Crippen molar-refractivity contribution in [2.45, 2.75) is 32.3 Å². The van der Waals surface area contributed by atoms with Crippen LogP contribution >= 0.6 is 23.8 Å². The molecule has 0 amide bonds. The zero-order chi connectivity index (χ0) is 15.1. The first-order valence-corrected chi connectivity index (χ1v) is 7.95. The van der Waals surface area contributed by atoms with Crippen LogP contribution in [0.4, 0.5) is 0 Å². The molecule has 4 nitrogen and oxygen atoms in total. The number of nitrogens with one attached hydrogen (secondary N) is 2. The summed E-state index contributed by atoms with van der Waals surface area (Å²) < 4.78 is 5.53. The summed E-state index contributed by atoms with van der Waals surface area (Å²) >= 11 is 11.1.